The summed E-state index contributed by atoms with van der Waals surface area (Å²) in [6, 6.07) is -0.592. The van der Waals surface area contributed by atoms with Crippen LogP contribution in [0, 0.1) is 5.92 Å². The molecule has 1 saturated carbocycles. The molecule has 2 unspecified atom stereocenters. The average molecular weight is 284 g/mol. The number of hydrogen-bond donors (Lipinski definition) is 1. The predicted molar refractivity (Wildman–Crippen MR) is 78.1 cm³/mol. The van der Waals surface area contributed by atoms with Crippen LogP contribution in [0.1, 0.15) is 39.0 Å². The van der Waals surface area contributed by atoms with Gasteiger partial charge in [-0.05, 0) is 31.9 Å². The Labute approximate surface area is 119 Å². The SMILES string of the molecule is CSCCN1C(=O)C(C2CCCCC2)NC(=O)C1C. The lowest BCUT2D eigenvalue weighted by molar-refractivity contribution is -0.150. The third-order valence-corrected chi connectivity index (χ3v) is 4.94. The van der Waals surface area contributed by atoms with Gasteiger partial charge in [0.1, 0.15) is 12.1 Å². The molecular formula is C14H24N2O2S. The van der Waals surface area contributed by atoms with Gasteiger partial charge in [-0.1, -0.05) is 19.3 Å². The van der Waals surface area contributed by atoms with Crippen molar-refractivity contribution in [2.45, 2.75) is 51.1 Å². The molecule has 0 bridgehead atoms. The van der Waals surface area contributed by atoms with E-state index in [2.05, 4.69) is 5.32 Å². The Kier molecular flexibility index (Phi) is 5.13. The first-order valence-electron chi connectivity index (χ1n) is 7.25. The second kappa shape index (κ2) is 6.64. The Hall–Kier alpha value is -0.710. The molecular weight excluding hydrogens is 260 g/mol. The van der Waals surface area contributed by atoms with Gasteiger partial charge in [0.2, 0.25) is 11.8 Å². The highest BCUT2D eigenvalue weighted by atomic mass is 32.2. The molecule has 19 heavy (non-hydrogen) atoms. The number of piperazine rings is 1. The van der Waals surface area contributed by atoms with Crippen molar-refractivity contribution in [2.75, 3.05) is 18.6 Å². The molecule has 1 heterocycles. The molecule has 2 aliphatic rings. The van der Waals surface area contributed by atoms with Gasteiger partial charge in [0.25, 0.3) is 0 Å². The summed E-state index contributed by atoms with van der Waals surface area (Å²) in [7, 11) is 0. The molecule has 0 aromatic carbocycles. The summed E-state index contributed by atoms with van der Waals surface area (Å²) >= 11 is 1.71. The number of amides is 2. The summed E-state index contributed by atoms with van der Waals surface area (Å²) in [6.45, 7) is 2.50. The Morgan fingerprint density at radius 3 is 2.58 bits per heavy atom. The van der Waals surface area contributed by atoms with E-state index in [1.807, 2.05) is 13.2 Å². The zero-order valence-electron chi connectivity index (χ0n) is 11.9. The van der Waals surface area contributed by atoms with Crippen LogP contribution in [-0.2, 0) is 9.59 Å². The minimum atomic E-state index is -0.320. The zero-order chi connectivity index (χ0) is 13.8. The predicted octanol–water partition coefficient (Wildman–Crippen LogP) is 1.65. The Bertz CT molecular complexity index is 342. The first kappa shape index (κ1) is 14.7. The first-order valence-corrected chi connectivity index (χ1v) is 8.64. The molecule has 0 aromatic heterocycles. The number of thioether (sulfide) groups is 1. The van der Waals surface area contributed by atoms with Gasteiger partial charge < -0.3 is 10.2 Å². The number of nitrogens with one attached hydrogen (secondary N) is 1. The van der Waals surface area contributed by atoms with Crippen molar-refractivity contribution in [3.8, 4) is 0 Å². The van der Waals surface area contributed by atoms with Crippen molar-refractivity contribution < 1.29 is 9.59 Å². The summed E-state index contributed by atoms with van der Waals surface area (Å²) in [4.78, 5) is 26.4. The van der Waals surface area contributed by atoms with Crippen LogP contribution in [0.2, 0.25) is 0 Å². The second-order valence-electron chi connectivity index (χ2n) is 5.58. The minimum Gasteiger partial charge on any atom is -0.342 e. The maximum absolute atomic E-state index is 12.6. The Morgan fingerprint density at radius 2 is 1.95 bits per heavy atom. The van der Waals surface area contributed by atoms with Crippen molar-refractivity contribution in [2.24, 2.45) is 5.92 Å². The summed E-state index contributed by atoms with van der Waals surface area (Å²) in [6.07, 6.45) is 7.80. The van der Waals surface area contributed by atoms with E-state index in [4.69, 9.17) is 0 Å². The van der Waals surface area contributed by atoms with E-state index in [-0.39, 0.29) is 23.9 Å². The van der Waals surface area contributed by atoms with E-state index in [9.17, 15) is 9.59 Å². The molecule has 108 valence electrons. The highest BCUT2D eigenvalue weighted by molar-refractivity contribution is 7.98. The summed E-state index contributed by atoms with van der Waals surface area (Å²) in [5.74, 6) is 1.37. The van der Waals surface area contributed by atoms with Crippen LogP contribution in [-0.4, -0.2) is 47.4 Å². The van der Waals surface area contributed by atoms with Gasteiger partial charge in [-0.3, -0.25) is 9.59 Å². The fourth-order valence-corrected chi connectivity index (χ4v) is 3.51. The lowest BCUT2D eigenvalue weighted by Gasteiger charge is -2.41. The lowest BCUT2D eigenvalue weighted by Crippen LogP contribution is -2.64. The molecule has 2 rings (SSSR count). The quantitative estimate of drug-likeness (QED) is 0.854. The van der Waals surface area contributed by atoms with Crippen LogP contribution in [0.25, 0.3) is 0 Å². The third kappa shape index (κ3) is 3.25. The van der Waals surface area contributed by atoms with Gasteiger partial charge in [0.15, 0.2) is 0 Å². The molecule has 1 N–H and O–H groups in total. The molecule has 2 atom stereocenters. The van der Waals surface area contributed by atoms with Crippen molar-refractivity contribution in [3.63, 3.8) is 0 Å². The number of carbonyl (C=O) groups excluding carboxylic acids is 2. The van der Waals surface area contributed by atoms with Gasteiger partial charge in [-0.2, -0.15) is 11.8 Å². The van der Waals surface area contributed by atoms with Gasteiger partial charge in [0, 0.05) is 12.3 Å². The van der Waals surface area contributed by atoms with Crippen LogP contribution in [0.5, 0.6) is 0 Å². The second-order valence-corrected chi connectivity index (χ2v) is 6.57. The molecule has 4 nitrogen and oxygen atoms in total. The number of nitrogens with zero attached hydrogens (tertiary/aromatic N) is 1. The summed E-state index contributed by atoms with van der Waals surface area (Å²) in [5, 5.41) is 2.96. The molecule has 0 spiro atoms. The maximum Gasteiger partial charge on any atom is 0.246 e. The zero-order valence-corrected chi connectivity index (χ0v) is 12.7. The van der Waals surface area contributed by atoms with Crippen LogP contribution >= 0.6 is 11.8 Å². The van der Waals surface area contributed by atoms with Gasteiger partial charge in [-0.15, -0.1) is 0 Å². The normalized spacial score (nSPS) is 29.5. The van der Waals surface area contributed by atoms with Crippen LogP contribution < -0.4 is 5.32 Å². The highest BCUT2D eigenvalue weighted by Gasteiger charge is 2.41. The third-order valence-electron chi connectivity index (χ3n) is 4.35. The fraction of sp³-hybridized carbons (Fsp3) is 0.857. The van der Waals surface area contributed by atoms with Gasteiger partial charge in [0.05, 0.1) is 0 Å². The molecule has 1 aliphatic carbocycles. The van der Waals surface area contributed by atoms with E-state index >= 15 is 0 Å². The van der Waals surface area contributed by atoms with Crippen LogP contribution in [0.4, 0.5) is 0 Å². The fourth-order valence-electron chi connectivity index (χ4n) is 3.13. The monoisotopic (exact) mass is 284 g/mol. The van der Waals surface area contributed by atoms with Crippen molar-refractivity contribution >= 4 is 23.6 Å². The van der Waals surface area contributed by atoms with E-state index in [1.54, 1.807) is 16.7 Å². The first-order chi connectivity index (χ1) is 9.15. The highest BCUT2D eigenvalue weighted by Crippen LogP contribution is 2.29. The number of carbonyl (C=O) groups is 2. The summed E-state index contributed by atoms with van der Waals surface area (Å²) < 4.78 is 0. The topological polar surface area (TPSA) is 49.4 Å². The van der Waals surface area contributed by atoms with Crippen molar-refractivity contribution in [1.82, 2.24) is 10.2 Å². The van der Waals surface area contributed by atoms with Gasteiger partial charge in [-0.25, -0.2) is 0 Å². The molecule has 2 fully saturated rings. The van der Waals surface area contributed by atoms with E-state index < -0.39 is 0 Å². The smallest absolute Gasteiger partial charge is 0.246 e. The number of rotatable bonds is 4. The molecule has 5 heteroatoms. The average Bonchev–Trinajstić information content (AvgIpc) is 2.44. The summed E-state index contributed by atoms with van der Waals surface area (Å²) in [5.41, 5.74) is 0. The van der Waals surface area contributed by atoms with Crippen LogP contribution in [0.3, 0.4) is 0 Å². The molecule has 2 amide bonds. The molecule has 1 aliphatic heterocycles. The van der Waals surface area contributed by atoms with E-state index in [0.29, 0.717) is 12.5 Å². The van der Waals surface area contributed by atoms with Gasteiger partial charge >= 0.3 is 0 Å². The Balaban J connectivity index is 2.07. The van der Waals surface area contributed by atoms with Crippen LogP contribution in [0.15, 0.2) is 0 Å². The standard InChI is InChI=1S/C14H24N2O2S/c1-10-13(17)15-12(11-6-4-3-5-7-11)14(18)16(10)8-9-19-2/h10-12H,3-9H2,1-2H3,(H,15,17). The largest absolute Gasteiger partial charge is 0.342 e. The van der Waals surface area contributed by atoms with Crippen molar-refractivity contribution in [1.29, 1.82) is 0 Å². The Morgan fingerprint density at radius 1 is 1.26 bits per heavy atom. The molecule has 0 aromatic rings. The van der Waals surface area contributed by atoms with E-state index in [0.717, 1.165) is 18.6 Å². The van der Waals surface area contributed by atoms with E-state index in [1.165, 1.54) is 19.3 Å². The minimum absolute atomic E-state index is 0.0104. The molecule has 1 saturated heterocycles. The lowest BCUT2D eigenvalue weighted by atomic mass is 9.82. The van der Waals surface area contributed by atoms with Crippen molar-refractivity contribution in [3.05, 3.63) is 0 Å². The maximum atomic E-state index is 12.6. The number of hydrogen-bond acceptors (Lipinski definition) is 3. The molecule has 0 radical (unpaired) electrons.